The minimum atomic E-state index is 0.540. The molecule has 1 saturated carbocycles. The Hall–Kier alpha value is -2.93. The molecule has 0 aliphatic heterocycles. The van der Waals surface area contributed by atoms with Crippen molar-refractivity contribution in [2.45, 2.75) is 36.2 Å². The average molecular weight is 389 g/mol. The highest BCUT2D eigenvalue weighted by Gasteiger charge is 2.30. The molecule has 0 amide bonds. The molecule has 0 saturated heterocycles. The van der Waals surface area contributed by atoms with E-state index < -0.39 is 0 Å². The highest BCUT2D eigenvalue weighted by atomic mass is 32.2. The van der Waals surface area contributed by atoms with Gasteiger partial charge in [-0.15, -0.1) is 10.2 Å². The Morgan fingerprint density at radius 1 is 0.964 bits per heavy atom. The average Bonchev–Trinajstić information content (AvgIpc) is 3.34. The van der Waals surface area contributed by atoms with Gasteiger partial charge in [0.1, 0.15) is 5.82 Å². The van der Waals surface area contributed by atoms with Crippen molar-refractivity contribution in [3.8, 4) is 11.4 Å². The van der Waals surface area contributed by atoms with Gasteiger partial charge >= 0.3 is 0 Å². The van der Waals surface area contributed by atoms with Gasteiger partial charge in [0, 0.05) is 11.5 Å². The molecule has 6 nitrogen and oxygen atoms in total. The first-order chi connectivity index (χ1) is 13.9. The van der Waals surface area contributed by atoms with Crippen molar-refractivity contribution in [2.24, 2.45) is 0 Å². The molecule has 1 aliphatic rings. The van der Waals surface area contributed by atoms with Crippen LogP contribution in [0.15, 0.2) is 70.3 Å². The molecule has 140 valence electrons. The molecule has 0 spiro atoms. The van der Waals surface area contributed by atoms with Gasteiger partial charge in [0.25, 0.3) is 0 Å². The van der Waals surface area contributed by atoms with E-state index in [9.17, 15) is 0 Å². The third kappa shape index (κ3) is 3.71. The number of hydrogen-bond acceptors (Lipinski definition) is 6. The maximum absolute atomic E-state index is 5.43. The molecule has 0 unspecified atom stereocenters. The summed E-state index contributed by atoms with van der Waals surface area (Å²) in [5.74, 6) is 3.39. The first kappa shape index (κ1) is 17.2. The predicted molar refractivity (Wildman–Crippen MR) is 107 cm³/mol. The quantitative estimate of drug-likeness (QED) is 0.432. The van der Waals surface area contributed by atoms with E-state index in [0.29, 0.717) is 23.4 Å². The van der Waals surface area contributed by atoms with Gasteiger partial charge in [-0.1, -0.05) is 77.6 Å². The molecule has 7 heteroatoms. The van der Waals surface area contributed by atoms with E-state index >= 15 is 0 Å². The Labute approximate surface area is 167 Å². The van der Waals surface area contributed by atoms with Crippen LogP contribution in [0.2, 0.25) is 0 Å². The smallest absolute Gasteiger partial charge is 0.237 e. The van der Waals surface area contributed by atoms with Crippen molar-refractivity contribution in [2.75, 3.05) is 0 Å². The molecule has 1 aliphatic carbocycles. The van der Waals surface area contributed by atoms with Gasteiger partial charge in [-0.25, -0.2) is 0 Å². The van der Waals surface area contributed by atoms with Gasteiger partial charge in [0.15, 0.2) is 5.16 Å². The summed E-state index contributed by atoms with van der Waals surface area (Å²) in [6.07, 6.45) is 2.39. The number of benzene rings is 2. The van der Waals surface area contributed by atoms with Crippen molar-refractivity contribution in [1.29, 1.82) is 0 Å². The van der Waals surface area contributed by atoms with Crippen molar-refractivity contribution >= 4 is 11.8 Å². The maximum atomic E-state index is 5.43. The van der Waals surface area contributed by atoms with Crippen LogP contribution < -0.4 is 0 Å². The van der Waals surface area contributed by atoms with E-state index in [0.717, 1.165) is 23.1 Å². The monoisotopic (exact) mass is 389 g/mol. The Morgan fingerprint density at radius 2 is 1.71 bits per heavy atom. The minimum Gasteiger partial charge on any atom is -0.338 e. The Balaban J connectivity index is 1.34. The van der Waals surface area contributed by atoms with Crippen molar-refractivity contribution in [1.82, 2.24) is 24.9 Å². The van der Waals surface area contributed by atoms with Crippen LogP contribution in [0, 0.1) is 0 Å². The Bertz CT molecular complexity index is 1060. The summed E-state index contributed by atoms with van der Waals surface area (Å²) in [4.78, 5) is 4.51. The number of rotatable bonds is 7. The van der Waals surface area contributed by atoms with Gasteiger partial charge in [-0.2, -0.15) is 4.98 Å². The normalized spacial score (nSPS) is 13.7. The fourth-order valence-corrected chi connectivity index (χ4v) is 3.89. The molecule has 2 heterocycles. The number of thioether (sulfide) groups is 1. The Morgan fingerprint density at radius 3 is 2.46 bits per heavy atom. The molecule has 1 fully saturated rings. The SMILES string of the molecule is c1ccc(Cn2c(SCc3nc(-c4ccccc4)no3)nnc2C2CC2)cc1. The van der Waals surface area contributed by atoms with Crippen LogP contribution >= 0.6 is 11.8 Å². The van der Waals surface area contributed by atoms with Crippen LogP contribution in [0.25, 0.3) is 11.4 Å². The van der Waals surface area contributed by atoms with E-state index in [-0.39, 0.29) is 0 Å². The first-order valence-electron chi connectivity index (χ1n) is 9.34. The molecule has 2 aromatic heterocycles. The van der Waals surface area contributed by atoms with E-state index in [1.54, 1.807) is 11.8 Å². The summed E-state index contributed by atoms with van der Waals surface area (Å²) < 4.78 is 7.65. The number of nitrogens with zero attached hydrogens (tertiary/aromatic N) is 5. The van der Waals surface area contributed by atoms with Gasteiger partial charge in [-0.05, 0) is 18.4 Å². The Kier molecular flexibility index (Phi) is 4.66. The van der Waals surface area contributed by atoms with E-state index in [1.807, 2.05) is 36.4 Å². The van der Waals surface area contributed by atoms with Crippen LogP contribution in [-0.4, -0.2) is 24.9 Å². The van der Waals surface area contributed by atoms with Crippen LogP contribution in [0.4, 0.5) is 0 Å². The second-order valence-corrected chi connectivity index (χ2v) is 7.80. The molecule has 5 rings (SSSR count). The van der Waals surface area contributed by atoms with E-state index in [1.165, 1.54) is 18.4 Å². The van der Waals surface area contributed by atoms with Gasteiger partial charge in [-0.3, -0.25) is 0 Å². The van der Waals surface area contributed by atoms with E-state index in [4.69, 9.17) is 4.52 Å². The van der Waals surface area contributed by atoms with Crippen molar-refractivity contribution in [3.63, 3.8) is 0 Å². The second-order valence-electron chi connectivity index (χ2n) is 6.85. The molecular formula is C21H19N5OS. The molecular weight excluding hydrogens is 370 g/mol. The summed E-state index contributed by atoms with van der Waals surface area (Å²) in [6, 6.07) is 20.3. The summed E-state index contributed by atoms with van der Waals surface area (Å²) in [6.45, 7) is 0.779. The zero-order chi connectivity index (χ0) is 18.8. The first-order valence-corrected chi connectivity index (χ1v) is 10.3. The summed E-state index contributed by atoms with van der Waals surface area (Å²) in [5.41, 5.74) is 2.20. The highest BCUT2D eigenvalue weighted by Crippen LogP contribution is 2.40. The lowest BCUT2D eigenvalue weighted by molar-refractivity contribution is 0.391. The maximum Gasteiger partial charge on any atom is 0.237 e. The zero-order valence-corrected chi connectivity index (χ0v) is 16.0. The van der Waals surface area contributed by atoms with Crippen LogP contribution in [0.1, 0.15) is 36.0 Å². The molecule has 0 bridgehead atoms. The molecule has 4 aromatic rings. The summed E-state index contributed by atoms with van der Waals surface area (Å²) in [7, 11) is 0. The zero-order valence-electron chi connectivity index (χ0n) is 15.2. The summed E-state index contributed by atoms with van der Waals surface area (Å²) in [5, 5.41) is 13.9. The largest absolute Gasteiger partial charge is 0.338 e. The van der Waals surface area contributed by atoms with Crippen LogP contribution in [-0.2, 0) is 12.3 Å². The lowest BCUT2D eigenvalue weighted by Crippen LogP contribution is -2.06. The van der Waals surface area contributed by atoms with E-state index in [2.05, 4.69) is 49.2 Å². The number of aromatic nitrogens is 5. The van der Waals surface area contributed by atoms with Crippen LogP contribution in [0.3, 0.4) is 0 Å². The van der Waals surface area contributed by atoms with Crippen molar-refractivity contribution in [3.05, 3.63) is 77.9 Å². The minimum absolute atomic E-state index is 0.540. The third-order valence-corrected chi connectivity index (χ3v) is 5.65. The standard InChI is InChI=1S/C21H19N5OS/c1-3-7-15(8-4-1)13-26-20(17-11-12-17)23-24-21(26)28-14-18-22-19(25-27-18)16-9-5-2-6-10-16/h1-10,17H,11-14H2. The molecule has 28 heavy (non-hydrogen) atoms. The lowest BCUT2D eigenvalue weighted by atomic mass is 10.2. The fraction of sp³-hybridized carbons (Fsp3) is 0.238. The summed E-state index contributed by atoms with van der Waals surface area (Å²) >= 11 is 1.59. The highest BCUT2D eigenvalue weighted by molar-refractivity contribution is 7.98. The lowest BCUT2D eigenvalue weighted by Gasteiger charge is -2.09. The van der Waals surface area contributed by atoms with Crippen LogP contribution in [0.5, 0.6) is 0 Å². The van der Waals surface area contributed by atoms with Gasteiger partial charge < -0.3 is 9.09 Å². The molecule has 2 aromatic carbocycles. The van der Waals surface area contributed by atoms with Gasteiger partial charge in [0.05, 0.1) is 12.3 Å². The third-order valence-electron chi connectivity index (χ3n) is 4.70. The fourth-order valence-electron chi connectivity index (χ4n) is 3.11. The topological polar surface area (TPSA) is 69.6 Å². The number of hydrogen-bond donors (Lipinski definition) is 0. The molecule has 0 radical (unpaired) electrons. The van der Waals surface area contributed by atoms with Gasteiger partial charge in [0.2, 0.25) is 11.7 Å². The van der Waals surface area contributed by atoms with Crippen molar-refractivity contribution < 1.29 is 4.52 Å². The second kappa shape index (κ2) is 7.59. The molecule has 0 N–H and O–H groups in total. The predicted octanol–water partition coefficient (Wildman–Crippen LogP) is 4.55. The molecule has 0 atom stereocenters.